The fourth-order valence-corrected chi connectivity index (χ4v) is 11.4. The Morgan fingerprint density at radius 3 is 1.15 bits per heavy atom. The van der Waals surface area contributed by atoms with Crippen LogP contribution in [0.1, 0.15) is 245 Å². The highest BCUT2D eigenvalue weighted by atomic mass is 16.8. The van der Waals surface area contributed by atoms with Crippen LogP contribution in [0.3, 0.4) is 0 Å². The number of hydrogen-bond donors (Lipinski definition) is 12. The van der Waals surface area contributed by atoms with Crippen molar-refractivity contribution in [2.45, 2.75) is 349 Å². The van der Waals surface area contributed by atoms with Crippen molar-refractivity contribution >= 4 is 5.91 Å². The van der Waals surface area contributed by atoms with Crippen LogP contribution in [0.15, 0.2) is 36.5 Å². The van der Waals surface area contributed by atoms with Crippen LogP contribution in [-0.2, 0) is 33.2 Å². The lowest BCUT2D eigenvalue weighted by Crippen LogP contribution is -2.66. The van der Waals surface area contributed by atoms with E-state index in [0.29, 0.717) is 12.8 Å². The summed E-state index contributed by atoms with van der Waals surface area (Å²) >= 11 is 0. The van der Waals surface area contributed by atoms with E-state index in [1.165, 1.54) is 161 Å². The van der Waals surface area contributed by atoms with Gasteiger partial charge >= 0.3 is 0 Å². The summed E-state index contributed by atoms with van der Waals surface area (Å²) < 4.78 is 34.2. The topological polar surface area (TPSA) is 307 Å². The fourth-order valence-electron chi connectivity index (χ4n) is 11.4. The number of rotatable bonds is 51. The molecule has 3 rings (SSSR count). The number of aliphatic hydroxyl groups excluding tert-OH is 11. The third-order valence-corrected chi connectivity index (χ3v) is 16.9. The van der Waals surface area contributed by atoms with Gasteiger partial charge in [-0.15, -0.1) is 0 Å². The zero-order valence-corrected chi connectivity index (χ0v) is 52.3. The normalized spacial score (nSPS) is 29.2. The SMILES string of the molecule is CCC/C=C/CC/C=C/CC/C=C/C(O)C(COC1OC(CO)C(OC2OC(CO)C(OC3OC(CO)C(O)C(O)C3O)C(O)C2O)C(O)C1O)NC(=O)CCCCCCCCCCCCCCCCCCCCCCCCCCCCCCC. The molecule has 0 saturated carbocycles. The lowest BCUT2D eigenvalue weighted by Gasteiger charge is -2.48. The molecular weight excluding hydrogens is 1090 g/mol. The van der Waals surface area contributed by atoms with E-state index in [1.807, 2.05) is 6.08 Å². The quantitative estimate of drug-likeness (QED) is 0.0202. The van der Waals surface area contributed by atoms with Crippen LogP contribution in [0.5, 0.6) is 0 Å². The lowest BCUT2D eigenvalue weighted by molar-refractivity contribution is -0.379. The van der Waals surface area contributed by atoms with Gasteiger partial charge < -0.3 is 89.9 Å². The Balaban J connectivity index is 1.37. The lowest BCUT2D eigenvalue weighted by atomic mass is 9.96. The van der Waals surface area contributed by atoms with Crippen molar-refractivity contribution in [3.63, 3.8) is 0 Å². The van der Waals surface area contributed by atoms with Crippen LogP contribution >= 0.6 is 0 Å². The van der Waals surface area contributed by atoms with Gasteiger partial charge in [-0.3, -0.25) is 4.79 Å². The van der Waals surface area contributed by atoms with Crippen molar-refractivity contribution in [2.24, 2.45) is 0 Å². The molecule has 498 valence electrons. The van der Waals surface area contributed by atoms with E-state index in [-0.39, 0.29) is 18.9 Å². The number of ether oxygens (including phenoxy) is 6. The van der Waals surface area contributed by atoms with Gasteiger partial charge in [0.05, 0.1) is 38.6 Å². The zero-order chi connectivity index (χ0) is 61.9. The molecule has 1 amide bonds. The van der Waals surface area contributed by atoms with Crippen LogP contribution in [0.4, 0.5) is 0 Å². The van der Waals surface area contributed by atoms with E-state index in [4.69, 9.17) is 28.4 Å². The summed E-state index contributed by atoms with van der Waals surface area (Å²) in [5.74, 6) is -0.288. The minimum atomic E-state index is -1.98. The number of carbonyl (C=O) groups excluding carboxylic acids is 1. The van der Waals surface area contributed by atoms with Gasteiger partial charge in [0.25, 0.3) is 0 Å². The number of unbranched alkanes of at least 4 members (excludes halogenated alkanes) is 31. The molecule has 0 aromatic rings. The monoisotopic (exact) mass is 1220 g/mol. The molecule has 3 aliphatic heterocycles. The van der Waals surface area contributed by atoms with Crippen LogP contribution < -0.4 is 5.32 Å². The van der Waals surface area contributed by atoms with E-state index in [9.17, 15) is 61.0 Å². The number of carbonyl (C=O) groups is 1. The first-order valence-corrected chi connectivity index (χ1v) is 33.7. The van der Waals surface area contributed by atoms with Gasteiger partial charge in [-0.2, -0.15) is 0 Å². The van der Waals surface area contributed by atoms with Crippen molar-refractivity contribution in [3.8, 4) is 0 Å². The summed E-state index contributed by atoms with van der Waals surface area (Å²) in [7, 11) is 0. The molecule has 0 aromatic heterocycles. The largest absolute Gasteiger partial charge is 0.394 e. The minimum absolute atomic E-state index is 0.235. The number of allylic oxidation sites excluding steroid dienone is 5. The summed E-state index contributed by atoms with van der Waals surface area (Å²) in [6.45, 7) is 1.63. The second kappa shape index (κ2) is 48.8. The molecule has 0 bridgehead atoms. The molecule has 3 aliphatic rings. The molecule has 19 nitrogen and oxygen atoms in total. The second-order valence-electron chi connectivity index (χ2n) is 24.3. The number of hydrogen-bond acceptors (Lipinski definition) is 18. The Bertz CT molecular complexity index is 1690. The molecular formula is C66H121NO18. The van der Waals surface area contributed by atoms with E-state index in [2.05, 4.69) is 43.5 Å². The van der Waals surface area contributed by atoms with Gasteiger partial charge in [-0.05, 0) is 38.5 Å². The molecule has 3 fully saturated rings. The first kappa shape index (κ1) is 77.3. The number of aliphatic hydroxyl groups is 11. The Kier molecular flexibility index (Phi) is 44.4. The molecule has 3 heterocycles. The van der Waals surface area contributed by atoms with Crippen LogP contribution in [-0.4, -0.2) is 193 Å². The van der Waals surface area contributed by atoms with Crippen LogP contribution in [0.2, 0.25) is 0 Å². The average Bonchev–Trinajstić information content (AvgIpc) is 3.70. The molecule has 12 N–H and O–H groups in total. The second-order valence-corrected chi connectivity index (χ2v) is 24.3. The summed E-state index contributed by atoms with van der Waals surface area (Å²) in [6, 6.07) is -0.992. The fraction of sp³-hybridized carbons (Fsp3) is 0.894. The van der Waals surface area contributed by atoms with Crippen LogP contribution in [0, 0.1) is 0 Å². The molecule has 0 aliphatic carbocycles. The first-order chi connectivity index (χ1) is 41.3. The number of nitrogens with one attached hydrogen (secondary N) is 1. The van der Waals surface area contributed by atoms with Gasteiger partial charge in [-0.1, -0.05) is 237 Å². The van der Waals surface area contributed by atoms with Crippen molar-refractivity contribution in [3.05, 3.63) is 36.5 Å². The standard InChI is InChI=1S/C66H121NO18/c1-3-5-7-9-11-13-15-16-17-18-19-20-21-22-23-24-25-26-27-28-29-30-31-32-34-36-38-40-42-44-54(72)67-49(50(71)43-41-39-37-35-33-14-12-10-8-6-4-2)48-80-64-60(78)57(75)62(52(46-69)82-64)85-66-61(79)58(76)63(53(47-70)83-66)84-65-59(77)56(74)55(73)51(45-68)81-65/h8,10,33,35,41,43,49-53,55-66,68-71,73-79H,3-7,9,11-32,34,36-40,42,44-48H2,1-2H3,(H,67,72)/b10-8+,35-33+,43-41+. The Labute approximate surface area is 511 Å². The molecule has 17 unspecified atom stereocenters. The van der Waals surface area contributed by atoms with Crippen molar-refractivity contribution < 1.29 is 89.4 Å². The van der Waals surface area contributed by atoms with Crippen LogP contribution in [0.25, 0.3) is 0 Å². The minimum Gasteiger partial charge on any atom is -0.394 e. The molecule has 0 spiro atoms. The highest BCUT2D eigenvalue weighted by Crippen LogP contribution is 2.33. The maximum atomic E-state index is 13.3. The first-order valence-electron chi connectivity index (χ1n) is 33.7. The van der Waals surface area contributed by atoms with Crippen molar-refractivity contribution in [1.29, 1.82) is 0 Å². The molecule has 17 atom stereocenters. The summed E-state index contributed by atoms with van der Waals surface area (Å²) in [5, 5.41) is 120. The average molecular weight is 1220 g/mol. The number of amides is 1. The molecule has 85 heavy (non-hydrogen) atoms. The summed E-state index contributed by atoms with van der Waals surface area (Å²) in [5.41, 5.74) is 0. The van der Waals surface area contributed by atoms with E-state index in [0.717, 1.165) is 51.4 Å². The third-order valence-electron chi connectivity index (χ3n) is 16.9. The summed E-state index contributed by atoms with van der Waals surface area (Å²) in [6.07, 6.45) is 28.8. The Hall–Kier alpha value is -1.99. The van der Waals surface area contributed by atoms with Gasteiger partial charge in [0, 0.05) is 6.42 Å². The molecule has 3 saturated heterocycles. The predicted octanol–water partition coefficient (Wildman–Crippen LogP) is 8.05. The molecule has 0 aromatic carbocycles. The van der Waals surface area contributed by atoms with Gasteiger partial charge in [0.15, 0.2) is 18.9 Å². The molecule has 19 heteroatoms. The van der Waals surface area contributed by atoms with Crippen molar-refractivity contribution in [1.82, 2.24) is 5.32 Å². The highest BCUT2D eigenvalue weighted by Gasteiger charge is 2.53. The van der Waals surface area contributed by atoms with E-state index in [1.54, 1.807) is 6.08 Å². The predicted molar refractivity (Wildman–Crippen MR) is 328 cm³/mol. The third kappa shape index (κ3) is 31.5. The highest BCUT2D eigenvalue weighted by molar-refractivity contribution is 5.76. The van der Waals surface area contributed by atoms with Gasteiger partial charge in [0.1, 0.15) is 73.2 Å². The maximum Gasteiger partial charge on any atom is 0.220 e. The smallest absolute Gasteiger partial charge is 0.220 e. The summed E-state index contributed by atoms with van der Waals surface area (Å²) in [4.78, 5) is 13.3. The van der Waals surface area contributed by atoms with Gasteiger partial charge in [0.2, 0.25) is 5.91 Å². The zero-order valence-electron chi connectivity index (χ0n) is 52.3. The Morgan fingerprint density at radius 2 is 0.753 bits per heavy atom. The Morgan fingerprint density at radius 1 is 0.412 bits per heavy atom. The molecule has 0 radical (unpaired) electrons. The maximum absolute atomic E-state index is 13.3. The van der Waals surface area contributed by atoms with E-state index < -0.39 is 124 Å². The van der Waals surface area contributed by atoms with E-state index >= 15 is 0 Å². The van der Waals surface area contributed by atoms with Gasteiger partial charge in [-0.25, -0.2) is 0 Å². The van der Waals surface area contributed by atoms with Crippen molar-refractivity contribution in [2.75, 3.05) is 26.4 Å².